The Hall–Kier alpha value is -1.95. The van der Waals surface area contributed by atoms with Crippen molar-refractivity contribution in [2.75, 3.05) is 19.4 Å². The van der Waals surface area contributed by atoms with Crippen molar-refractivity contribution in [2.45, 2.75) is 6.42 Å². The van der Waals surface area contributed by atoms with Gasteiger partial charge in [-0.1, -0.05) is 46.9 Å². The van der Waals surface area contributed by atoms with Crippen LogP contribution in [0.2, 0.25) is 15.1 Å². The summed E-state index contributed by atoms with van der Waals surface area (Å²) in [5, 5.41) is 12.5. The Bertz CT molecular complexity index is 795. The molecule has 0 fully saturated rings. The fourth-order valence-corrected chi connectivity index (χ4v) is 2.72. The van der Waals surface area contributed by atoms with E-state index in [9.17, 15) is 14.7 Å². The molecular formula is C17H15Cl3N2O3. The highest BCUT2D eigenvalue weighted by molar-refractivity contribution is 6.46. The standard InChI is InChI=1S/C17H15Cl3N2O3/c1-22(2)13(23)7-9-3-5-10(6-4-9)21-17(25)14-15(20)11(18)8-12(19)16(14)24/h3-6,8,24H,7H2,1-2H3,(H,21,25). The third-order valence-electron chi connectivity index (χ3n) is 3.44. The lowest BCUT2D eigenvalue weighted by Gasteiger charge is -2.12. The molecule has 0 aliphatic carbocycles. The Labute approximate surface area is 160 Å². The van der Waals surface area contributed by atoms with Gasteiger partial charge in [0.2, 0.25) is 5.91 Å². The van der Waals surface area contributed by atoms with Gasteiger partial charge in [0.15, 0.2) is 0 Å². The van der Waals surface area contributed by atoms with Crippen LogP contribution in [0, 0.1) is 0 Å². The van der Waals surface area contributed by atoms with Crippen molar-refractivity contribution in [1.82, 2.24) is 4.90 Å². The second-order valence-corrected chi connectivity index (χ2v) is 6.69. The fraction of sp³-hybridized carbons (Fsp3) is 0.176. The van der Waals surface area contributed by atoms with Gasteiger partial charge in [-0.05, 0) is 23.8 Å². The molecule has 0 aliphatic rings. The van der Waals surface area contributed by atoms with Crippen molar-refractivity contribution in [1.29, 1.82) is 0 Å². The number of aromatic hydroxyl groups is 1. The highest BCUT2D eigenvalue weighted by atomic mass is 35.5. The quantitative estimate of drug-likeness (QED) is 0.753. The maximum Gasteiger partial charge on any atom is 0.261 e. The number of anilines is 1. The average molecular weight is 402 g/mol. The summed E-state index contributed by atoms with van der Waals surface area (Å²) in [6.45, 7) is 0. The lowest BCUT2D eigenvalue weighted by atomic mass is 10.1. The molecule has 0 radical (unpaired) electrons. The van der Waals surface area contributed by atoms with E-state index in [1.807, 2.05) is 0 Å². The molecule has 0 heterocycles. The third kappa shape index (κ3) is 4.57. The number of carbonyl (C=O) groups excluding carboxylic acids is 2. The van der Waals surface area contributed by atoms with Crippen LogP contribution in [0.1, 0.15) is 15.9 Å². The van der Waals surface area contributed by atoms with Gasteiger partial charge in [-0.15, -0.1) is 0 Å². The molecule has 0 bridgehead atoms. The molecule has 2 rings (SSSR count). The molecule has 2 aromatic carbocycles. The van der Waals surface area contributed by atoms with Crippen LogP contribution in [-0.2, 0) is 11.2 Å². The largest absolute Gasteiger partial charge is 0.505 e. The minimum atomic E-state index is -0.649. The molecule has 5 nitrogen and oxygen atoms in total. The van der Waals surface area contributed by atoms with Gasteiger partial charge in [0.05, 0.1) is 21.5 Å². The highest BCUT2D eigenvalue weighted by Crippen LogP contribution is 2.38. The number of likely N-dealkylation sites (N-methyl/N-ethyl adjacent to an activating group) is 1. The summed E-state index contributed by atoms with van der Waals surface area (Å²) in [5.74, 6) is -1.12. The van der Waals surface area contributed by atoms with Crippen LogP contribution >= 0.6 is 34.8 Å². The smallest absolute Gasteiger partial charge is 0.261 e. The number of nitrogens with zero attached hydrogens (tertiary/aromatic N) is 1. The van der Waals surface area contributed by atoms with Gasteiger partial charge in [0.1, 0.15) is 11.3 Å². The molecule has 0 aliphatic heterocycles. The normalized spacial score (nSPS) is 10.4. The molecule has 25 heavy (non-hydrogen) atoms. The van der Waals surface area contributed by atoms with E-state index < -0.39 is 11.7 Å². The minimum absolute atomic E-state index is 0.0259. The topological polar surface area (TPSA) is 69.6 Å². The number of phenolic OH excluding ortho intramolecular Hbond substituents is 1. The number of hydrogen-bond acceptors (Lipinski definition) is 3. The van der Waals surface area contributed by atoms with Crippen LogP contribution < -0.4 is 5.32 Å². The number of amides is 2. The molecule has 0 aromatic heterocycles. The van der Waals surface area contributed by atoms with Gasteiger partial charge in [-0.25, -0.2) is 0 Å². The number of phenols is 1. The predicted octanol–water partition coefficient (Wildman–Crippen LogP) is 4.24. The van der Waals surface area contributed by atoms with E-state index in [1.165, 1.54) is 11.0 Å². The zero-order valence-corrected chi connectivity index (χ0v) is 15.7. The van der Waals surface area contributed by atoms with Gasteiger partial charge in [-0.2, -0.15) is 0 Å². The second kappa shape index (κ2) is 7.95. The number of halogens is 3. The molecular weight excluding hydrogens is 387 g/mol. The van der Waals surface area contributed by atoms with Crippen LogP contribution in [0.5, 0.6) is 5.75 Å². The summed E-state index contributed by atoms with van der Waals surface area (Å²) in [6.07, 6.45) is 0.262. The lowest BCUT2D eigenvalue weighted by Crippen LogP contribution is -2.23. The van der Waals surface area contributed by atoms with E-state index in [0.717, 1.165) is 5.56 Å². The second-order valence-electron chi connectivity index (χ2n) is 5.49. The molecule has 2 aromatic rings. The number of benzene rings is 2. The van der Waals surface area contributed by atoms with Crippen LogP contribution in [0.3, 0.4) is 0 Å². The molecule has 2 amide bonds. The monoisotopic (exact) mass is 400 g/mol. The molecule has 0 spiro atoms. The molecule has 132 valence electrons. The first-order valence-corrected chi connectivity index (χ1v) is 8.31. The Balaban J connectivity index is 2.18. The fourth-order valence-electron chi connectivity index (χ4n) is 2.03. The molecule has 0 atom stereocenters. The van der Waals surface area contributed by atoms with Crippen molar-refractivity contribution in [3.8, 4) is 5.75 Å². The van der Waals surface area contributed by atoms with E-state index in [-0.39, 0.29) is 33.0 Å². The Morgan fingerprint density at radius 2 is 1.68 bits per heavy atom. The number of carbonyl (C=O) groups is 2. The lowest BCUT2D eigenvalue weighted by molar-refractivity contribution is -0.127. The van der Waals surface area contributed by atoms with E-state index >= 15 is 0 Å². The third-order valence-corrected chi connectivity index (χ3v) is 4.51. The zero-order chi connectivity index (χ0) is 18.7. The first kappa shape index (κ1) is 19.4. The van der Waals surface area contributed by atoms with Crippen molar-refractivity contribution >= 4 is 52.3 Å². The maximum atomic E-state index is 12.4. The number of rotatable bonds is 4. The zero-order valence-electron chi connectivity index (χ0n) is 13.4. The van der Waals surface area contributed by atoms with Gasteiger partial charge >= 0.3 is 0 Å². The number of hydrogen-bond donors (Lipinski definition) is 2. The summed E-state index contributed by atoms with van der Waals surface area (Å²) in [4.78, 5) is 25.6. The Kier molecular flexibility index (Phi) is 6.16. The van der Waals surface area contributed by atoms with E-state index in [4.69, 9.17) is 34.8 Å². The summed E-state index contributed by atoms with van der Waals surface area (Å²) in [7, 11) is 3.37. The Morgan fingerprint density at radius 1 is 1.08 bits per heavy atom. The van der Waals surface area contributed by atoms with Crippen molar-refractivity contribution in [3.63, 3.8) is 0 Å². The summed E-state index contributed by atoms with van der Waals surface area (Å²) in [6, 6.07) is 8.00. The number of nitrogens with one attached hydrogen (secondary N) is 1. The first-order chi connectivity index (χ1) is 11.7. The predicted molar refractivity (Wildman–Crippen MR) is 99.9 cm³/mol. The maximum absolute atomic E-state index is 12.4. The van der Waals surface area contributed by atoms with Gasteiger partial charge in [-0.3, -0.25) is 9.59 Å². The molecule has 8 heteroatoms. The Morgan fingerprint density at radius 3 is 2.24 bits per heavy atom. The molecule has 0 saturated heterocycles. The van der Waals surface area contributed by atoms with Gasteiger partial charge < -0.3 is 15.3 Å². The van der Waals surface area contributed by atoms with Crippen molar-refractivity contribution < 1.29 is 14.7 Å². The van der Waals surface area contributed by atoms with E-state index in [2.05, 4.69) is 5.32 Å². The van der Waals surface area contributed by atoms with Crippen LogP contribution in [0.4, 0.5) is 5.69 Å². The summed E-state index contributed by atoms with van der Waals surface area (Å²) < 4.78 is 0. The van der Waals surface area contributed by atoms with Crippen molar-refractivity contribution in [2.24, 2.45) is 0 Å². The van der Waals surface area contributed by atoms with E-state index in [0.29, 0.717) is 5.69 Å². The van der Waals surface area contributed by atoms with Crippen LogP contribution in [0.15, 0.2) is 30.3 Å². The molecule has 2 N–H and O–H groups in total. The van der Waals surface area contributed by atoms with Crippen LogP contribution in [0.25, 0.3) is 0 Å². The van der Waals surface area contributed by atoms with E-state index in [1.54, 1.807) is 38.4 Å². The minimum Gasteiger partial charge on any atom is -0.505 e. The summed E-state index contributed by atoms with van der Waals surface area (Å²) >= 11 is 17.7. The molecule has 0 unspecified atom stereocenters. The van der Waals surface area contributed by atoms with Crippen LogP contribution in [-0.4, -0.2) is 35.9 Å². The summed E-state index contributed by atoms with van der Waals surface area (Å²) in [5.41, 5.74) is 1.08. The average Bonchev–Trinajstić information content (AvgIpc) is 2.55. The molecule has 0 saturated carbocycles. The van der Waals surface area contributed by atoms with Gasteiger partial charge in [0, 0.05) is 19.8 Å². The van der Waals surface area contributed by atoms with Gasteiger partial charge in [0.25, 0.3) is 5.91 Å². The van der Waals surface area contributed by atoms with Crippen molar-refractivity contribution in [3.05, 3.63) is 56.5 Å². The first-order valence-electron chi connectivity index (χ1n) is 7.17. The highest BCUT2D eigenvalue weighted by Gasteiger charge is 2.21. The SMILES string of the molecule is CN(C)C(=O)Cc1ccc(NC(=O)c2c(O)c(Cl)cc(Cl)c2Cl)cc1.